The molecule has 0 spiro atoms. The molecule has 1 saturated carbocycles. The summed E-state index contributed by atoms with van der Waals surface area (Å²) < 4.78 is 0. The molecule has 0 aromatic rings. The monoisotopic (exact) mass is 236 g/mol. The largest absolute Gasteiger partial charge is 0.308 e. The van der Waals surface area contributed by atoms with Gasteiger partial charge in [-0.25, -0.2) is 0 Å². The van der Waals surface area contributed by atoms with Gasteiger partial charge < -0.3 is 9.80 Å². The van der Waals surface area contributed by atoms with Crippen LogP contribution in [0.2, 0.25) is 0 Å². The average molecular weight is 236 g/mol. The topological polar surface area (TPSA) is 6.48 Å². The van der Waals surface area contributed by atoms with Gasteiger partial charge in [-0.15, -0.1) is 0 Å². The van der Waals surface area contributed by atoms with Crippen molar-refractivity contribution < 1.29 is 0 Å². The molecule has 3 aliphatic rings. The Labute approximate surface area is 107 Å². The van der Waals surface area contributed by atoms with E-state index in [1.807, 2.05) is 0 Å². The summed E-state index contributed by atoms with van der Waals surface area (Å²) in [4.78, 5) is 4.73. The second kappa shape index (κ2) is 4.74. The van der Waals surface area contributed by atoms with E-state index in [0.29, 0.717) is 5.41 Å². The predicted molar refractivity (Wildman–Crippen MR) is 74.1 cm³/mol. The highest BCUT2D eigenvalue weighted by molar-refractivity contribution is 5.24. The van der Waals surface area contributed by atoms with Gasteiger partial charge in [0.1, 0.15) is 0 Å². The van der Waals surface area contributed by atoms with Crippen LogP contribution in [-0.4, -0.2) is 50.6 Å². The molecular formula is C15H28N2. The van der Waals surface area contributed by atoms with Crippen molar-refractivity contribution in [1.82, 2.24) is 9.80 Å². The van der Waals surface area contributed by atoms with Crippen LogP contribution in [0, 0.1) is 17.3 Å². The molecule has 0 radical (unpaired) electrons. The Kier molecular flexibility index (Phi) is 3.65. The number of hydrogen-bond acceptors (Lipinski definition) is 2. The maximum absolute atomic E-state index is 2.52. The molecule has 2 atom stereocenters. The van der Waals surface area contributed by atoms with Crippen molar-refractivity contribution in [3.05, 3.63) is 11.6 Å². The van der Waals surface area contributed by atoms with Gasteiger partial charge in [0, 0.05) is 19.6 Å². The number of nitrogens with zero attached hydrogens (tertiary/aromatic N) is 2. The lowest BCUT2D eigenvalue weighted by atomic mass is 9.49. The third-order valence-corrected chi connectivity index (χ3v) is 4.96. The van der Waals surface area contributed by atoms with E-state index in [2.05, 4.69) is 50.9 Å². The van der Waals surface area contributed by atoms with E-state index in [4.69, 9.17) is 0 Å². The van der Waals surface area contributed by atoms with Crippen LogP contribution < -0.4 is 0 Å². The normalized spacial score (nSPS) is 30.4. The molecule has 17 heavy (non-hydrogen) atoms. The van der Waals surface area contributed by atoms with Gasteiger partial charge in [-0.3, -0.25) is 0 Å². The van der Waals surface area contributed by atoms with Crippen LogP contribution in [0.3, 0.4) is 0 Å². The first-order valence-corrected chi connectivity index (χ1v) is 6.93. The van der Waals surface area contributed by atoms with E-state index in [0.717, 1.165) is 18.4 Å². The standard InChI is InChI=1S/C15H28N2/c1-15(2)13-7-6-12(14(15)10-13)11-17(5)9-8-16(3)4/h6,13-14H,7-11H2,1-5H3/t13-,14+/m0/s1. The Balaban J connectivity index is 1.85. The summed E-state index contributed by atoms with van der Waals surface area (Å²) >= 11 is 0. The quantitative estimate of drug-likeness (QED) is 0.677. The van der Waals surface area contributed by atoms with Gasteiger partial charge in [0.25, 0.3) is 0 Å². The van der Waals surface area contributed by atoms with Crippen LogP contribution in [0.15, 0.2) is 11.6 Å². The predicted octanol–water partition coefficient (Wildman–Crippen LogP) is 2.47. The minimum Gasteiger partial charge on any atom is -0.308 e. The molecule has 2 nitrogen and oxygen atoms in total. The van der Waals surface area contributed by atoms with Gasteiger partial charge in [-0.05, 0) is 51.2 Å². The summed E-state index contributed by atoms with van der Waals surface area (Å²) in [5.74, 6) is 1.83. The lowest BCUT2D eigenvalue weighted by Crippen LogP contribution is -2.49. The van der Waals surface area contributed by atoms with Crippen LogP contribution in [0.25, 0.3) is 0 Å². The van der Waals surface area contributed by atoms with E-state index in [1.165, 1.54) is 25.9 Å². The molecule has 0 aliphatic heterocycles. The van der Waals surface area contributed by atoms with Crippen LogP contribution >= 0.6 is 0 Å². The van der Waals surface area contributed by atoms with E-state index in [1.54, 1.807) is 5.57 Å². The summed E-state index contributed by atoms with van der Waals surface area (Å²) in [7, 11) is 6.54. The zero-order valence-corrected chi connectivity index (χ0v) is 12.2. The third-order valence-electron chi connectivity index (χ3n) is 4.96. The fourth-order valence-corrected chi connectivity index (χ4v) is 3.42. The maximum Gasteiger partial charge on any atom is 0.0193 e. The van der Waals surface area contributed by atoms with Gasteiger partial charge in [0.15, 0.2) is 0 Å². The molecule has 98 valence electrons. The van der Waals surface area contributed by atoms with E-state index < -0.39 is 0 Å². The molecule has 0 saturated heterocycles. The van der Waals surface area contributed by atoms with Crippen LogP contribution in [0.5, 0.6) is 0 Å². The third kappa shape index (κ3) is 2.58. The number of fused-ring (bicyclic) bond motifs is 1. The molecule has 0 N–H and O–H groups in total. The fourth-order valence-electron chi connectivity index (χ4n) is 3.42. The van der Waals surface area contributed by atoms with Gasteiger partial charge in [0.2, 0.25) is 0 Å². The van der Waals surface area contributed by atoms with E-state index in [-0.39, 0.29) is 0 Å². The Morgan fingerprint density at radius 3 is 2.47 bits per heavy atom. The second-order valence-corrected chi connectivity index (χ2v) is 6.86. The molecule has 0 aromatic heterocycles. The van der Waals surface area contributed by atoms with Crippen molar-refractivity contribution in [1.29, 1.82) is 0 Å². The molecular weight excluding hydrogens is 208 g/mol. The summed E-state index contributed by atoms with van der Waals surface area (Å²) in [5.41, 5.74) is 2.28. The number of likely N-dealkylation sites (N-methyl/N-ethyl adjacent to an activating group) is 2. The van der Waals surface area contributed by atoms with Crippen LogP contribution in [0.4, 0.5) is 0 Å². The first kappa shape index (κ1) is 13.1. The maximum atomic E-state index is 2.52. The second-order valence-electron chi connectivity index (χ2n) is 6.86. The Bertz CT molecular complexity index is 304. The molecule has 1 fully saturated rings. The minimum absolute atomic E-state index is 0.576. The Morgan fingerprint density at radius 2 is 1.94 bits per heavy atom. The molecule has 0 aromatic carbocycles. The zero-order valence-electron chi connectivity index (χ0n) is 12.2. The highest BCUT2D eigenvalue weighted by Crippen LogP contribution is 2.59. The summed E-state index contributed by atoms with van der Waals surface area (Å²) in [5, 5.41) is 0. The summed E-state index contributed by atoms with van der Waals surface area (Å²) in [6.45, 7) is 8.41. The molecule has 2 heteroatoms. The van der Waals surface area contributed by atoms with Crippen LogP contribution in [0.1, 0.15) is 26.7 Å². The van der Waals surface area contributed by atoms with Crippen LogP contribution in [-0.2, 0) is 0 Å². The first-order chi connectivity index (χ1) is 7.91. The zero-order chi connectivity index (χ0) is 12.6. The van der Waals surface area contributed by atoms with Crippen molar-refractivity contribution in [2.45, 2.75) is 26.7 Å². The SMILES string of the molecule is CN(C)CCN(C)CC1=CC[C@H]2C[C@H]1C2(C)C. The summed E-state index contributed by atoms with van der Waals surface area (Å²) in [6.07, 6.45) is 5.29. The van der Waals surface area contributed by atoms with Crippen molar-refractivity contribution in [2.24, 2.45) is 17.3 Å². The highest BCUT2D eigenvalue weighted by Gasteiger charge is 2.50. The smallest absolute Gasteiger partial charge is 0.0193 e. The van der Waals surface area contributed by atoms with Gasteiger partial charge in [0.05, 0.1) is 0 Å². The Hall–Kier alpha value is -0.340. The molecule has 2 bridgehead atoms. The van der Waals surface area contributed by atoms with Gasteiger partial charge in [-0.1, -0.05) is 25.5 Å². The molecule has 0 heterocycles. The van der Waals surface area contributed by atoms with E-state index in [9.17, 15) is 0 Å². The molecule has 3 aliphatic carbocycles. The van der Waals surface area contributed by atoms with Crippen molar-refractivity contribution >= 4 is 0 Å². The van der Waals surface area contributed by atoms with Gasteiger partial charge in [-0.2, -0.15) is 0 Å². The fraction of sp³-hybridized carbons (Fsp3) is 0.867. The molecule has 0 amide bonds. The number of allylic oxidation sites excluding steroid dienone is 1. The number of hydrogen-bond donors (Lipinski definition) is 0. The Morgan fingerprint density at radius 1 is 1.24 bits per heavy atom. The number of rotatable bonds is 5. The average Bonchev–Trinajstić information content (AvgIpc) is 2.26. The van der Waals surface area contributed by atoms with Crippen molar-refractivity contribution in [3.63, 3.8) is 0 Å². The lowest BCUT2D eigenvalue weighted by molar-refractivity contribution is -0.0101. The lowest BCUT2D eigenvalue weighted by Gasteiger charge is -2.57. The first-order valence-electron chi connectivity index (χ1n) is 6.93. The molecule has 0 unspecified atom stereocenters. The highest BCUT2D eigenvalue weighted by atomic mass is 15.1. The van der Waals surface area contributed by atoms with Crippen molar-refractivity contribution in [3.8, 4) is 0 Å². The van der Waals surface area contributed by atoms with Gasteiger partial charge >= 0.3 is 0 Å². The molecule has 3 rings (SSSR count). The summed E-state index contributed by atoms with van der Waals surface area (Å²) in [6, 6.07) is 0. The van der Waals surface area contributed by atoms with Crippen molar-refractivity contribution in [2.75, 3.05) is 40.8 Å². The minimum atomic E-state index is 0.576. The van der Waals surface area contributed by atoms with E-state index >= 15 is 0 Å².